The number of methoxy groups -OCH3 is 1. The lowest BCUT2D eigenvalue weighted by molar-refractivity contribution is 0.402. The van der Waals surface area contributed by atoms with Gasteiger partial charge in [0.25, 0.3) is 0 Å². The first kappa shape index (κ1) is 22.0. The largest absolute Gasteiger partial charge is 0.495 e. The second-order valence-corrected chi connectivity index (χ2v) is 9.43. The molecule has 0 atom stereocenters. The maximum atomic E-state index is 13.2. The van der Waals surface area contributed by atoms with Crippen molar-refractivity contribution in [3.63, 3.8) is 0 Å². The minimum absolute atomic E-state index is 0.0754. The maximum absolute atomic E-state index is 13.2. The van der Waals surface area contributed by atoms with Crippen LogP contribution in [0.1, 0.15) is 29.4 Å². The van der Waals surface area contributed by atoms with E-state index in [4.69, 9.17) is 4.74 Å². The summed E-state index contributed by atoms with van der Waals surface area (Å²) in [6.45, 7) is 6.15. The van der Waals surface area contributed by atoms with Crippen LogP contribution in [0.2, 0.25) is 0 Å². The van der Waals surface area contributed by atoms with Crippen molar-refractivity contribution in [2.45, 2.75) is 38.6 Å². The van der Waals surface area contributed by atoms with Gasteiger partial charge < -0.3 is 4.74 Å². The summed E-state index contributed by atoms with van der Waals surface area (Å²) in [5, 5.41) is 4.42. The quantitative estimate of drug-likeness (QED) is 0.459. The minimum Gasteiger partial charge on any atom is -0.495 e. The highest BCUT2D eigenvalue weighted by atomic mass is 32.2. The summed E-state index contributed by atoms with van der Waals surface area (Å²) in [4.78, 5) is 4.68. The van der Waals surface area contributed by atoms with Gasteiger partial charge in [-0.05, 0) is 55.2 Å². The number of rotatable bonds is 7. The van der Waals surface area contributed by atoms with E-state index in [2.05, 4.69) is 21.7 Å². The third-order valence-corrected chi connectivity index (χ3v) is 6.86. The number of nitrogens with zero attached hydrogens (tertiary/aromatic N) is 3. The lowest BCUT2D eigenvalue weighted by Gasteiger charge is -2.13. The number of hydrogen-bond donors (Lipinski definition) is 1. The van der Waals surface area contributed by atoms with E-state index in [1.807, 2.05) is 50.2 Å². The summed E-state index contributed by atoms with van der Waals surface area (Å²) in [7, 11) is -2.36. The van der Waals surface area contributed by atoms with Gasteiger partial charge in [0.2, 0.25) is 10.0 Å². The maximum Gasteiger partial charge on any atom is 0.244 e. The normalized spacial score (nSPS) is 11.8. The molecule has 0 amide bonds. The molecular weight excluding hydrogens is 424 g/mol. The highest BCUT2D eigenvalue weighted by Crippen LogP contribution is 2.32. The zero-order chi connectivity index (χ0) is 22.9. The lowest BCUT2D eigenvalue weighted by Crippen LogP contribution is -2.23. The van der Waals surface area contributed by atoms with Crippen molar-refractivity contribution in [3.05, 3.63) is 77.2 Å². The smallest absolute Gasteiger partial charge is 0.244 e. The molecule has 7 nitrogen and oxygen atoms in total. The molecular formula is C24H26N4O3S. The molecule has 2 aromatic carbocycles. The number of nitrogens with one attached hydrogen (secondary N) is 1. The second-order valence-electron chi connectivity index (χ2n) is 7.69. The van der Waals surface area contributed by atoms with Crippen molar-refractivity contribution in [1.82, 2.24) is 19.3 Å². The van der Waals surface area contributed by atoms with Crippen LogP contribution in [0.25, 0.3) is 16.8 Å². The number of hydrogen-bond acceptors (Lipinski definition) is 5. The molecule has 0 bridgehead atoms. The number of ether oxygens (including phenoxy) is 1. The molecule has 0 aliphatic heterocycles. The molecule has 0 spiro atoms. The summed E-state index contributed by atoms with van der Waals surface area (Å²) in [5.41, 5.74) is 6.05. The van der Waals surface area contributed by atoms with Crippen molar-refractivity contribution in [1.29, 1.82) is 0 Å². The Hall–Kier alpha value is -3.23. The van der Waals surface area contributed by atoms with E-state index in [1.165, 1.54) is 12.7 Å². The van der Waals surface area contributed by atoms with Crippen LogP contribution in [0.5, 0.6) is 5.75 Å². The number of aryl methyl sites for hydroxylation is 3. The van der Waals surface area contributed by atoms with Crippen LogP contribution in [-0.4, -0.2) is 30.1 Å². The van der Waals surface area contributed by atoms with Gasteiger partial charge in [0.1, 0.15) is 10.6 Å². The molecule has 1 N–H and O–H groups in total. The fraction of sp³-hybridized carbons (Fsp3) is 0.250. The lowest BCUT2D eigenvalue weighted by atomic mass is 10.1. The van der Waals surface area contributed by atoms with E-state index in [0.29, 0.717) is 11.2 Å². The van der Waals surface area contributed by atoms with Crippen molar-refractivity contribution in [2.75, 3.05) is 7.11 Å². The van der Waals surface area contributed by atoms with Crippen LogP contribution < -0.4 is 9.46 Å². The van der Waals surface area contributed by atoms with Crippen molar-refractivity contribution in [2.24, 2.45) is 0 Å². The Labute approximate surface area is 188 Å². The molecule has 32 heavy (non-hydrogen) atoms. The first-order valence-electron chi connectivity index (χ1n) is 10.4. The van der Waals surface area contributed by atoms with E-state index in [1.54, 1.807) is 22.8 Å². The third kappa shape index (κ3) is 4.24. The Morgan fingerprint density at radius 2 is 1.75 bits per heavy atom. The van der Waals surface area contributed by atoms with Gasteiger partial charge in [0, 0.05) is 23.5 Å². The molecule has 0 saturated carbocycles. The van der Waals surface area contributed by atoms with E-state index >= 15 is 0 Å². The van der Waals surface area contributed by atoms with Gasteiger partial charge in [-0.3, -0.25) is 0 Å². The molecule has 0 fully saturated rings. The van der Waals surface area contributed by atoms with Gasteiger partial charge in [-0.1, -0.05) is 37.3 Å². The van der Waals surface area contributed by atoms with Crippen LogP contribution in [0.4, 0.5) is 0 Å². The molecule has 0 radical (unpaired) electrons. The second kappa shape index (κ2) is 8.72. The van der Waals surface area contributed by atoms with Crippen LogP contribution in [0.3, 0.4) is 0 Å². The molecule has 2 heterocycles. The van der Waals surface area contributed by atoms with Crippen molar-refractivity contribution < 1.29 is 13.2 Å². The van der Waals surface area contributed by atoms with Gasteiger partial charge >= 0.3 is 0 Å². The van der Waals surface area contributed by atoms with E-state index in [-0.39, 0.29) is 17.2 Å². The Balaban J connectivity index is 1.70. The van der Waals surface area contributed by atoms with E-state index in [9.17, 15) is 8.42 Å². The SMILES string of the molecule is CCc1ccc(CNS(=O)(=O)c2cc(-c3cnn4c(C)cc(C)nc34)ccc2OC)cc1. The van der Waals surface area contributed by atoms with Crippen LogP contribution >= 0.6 is 0 Å². The topological polar surface area (TPSA) is 85.6 Å². The molecule has 4 aromatic rings. The summed E-state index contributed by atoms with van der Waals surface area (Å²) in [6, 6.07) is 14.9. The molecule has 0 aliphatic rings. The Morgan fingerprint density at radius 3 is 2.44 bits per heavy atom. The summed E-state index contributed by atoms with van der Waals surface area (Å²) in [6.07, 6.45) is 2.64. The van der Waals surface area contributed by atoms with Crippen LogP contribution in [-0.2, 0) is 23.0 Å². The zero-order valence-corrected chi connectivity index (χ0v) is 19.4. The molecule has 166 valence electrons. The highest BCUT2D eigenvalue weighted by Gasteiger charge is 2.21. The van der Waals surface area contributed by atoms with Gasteiger partial charge in [-0.15, -0.1) is 0 Å². The standard InChI is InChI=1S/C24H26N4O3S/c1-5-18-6-8-19(9-7-18)14-26-32(29,30)23-13-20(10-11-22(23)31-4)21-15-25-28-17(3)12-16(2)27-24(21)28/h6-13,15,26H,5,14H2,1-4H3. The summed E-state index contributed by atoms with van der Waals surface area (Å²) >= 11 is 0. The molecule has 8 heteroatoms. The molecule has 0 aliphatic carbocycles. The van der Waals surface area contributed by atoms with Gasteiger partial charge in [0.05, 0.1) is 13.3 Å². The fourth-order valence-corrected chi connectivity index (χ4v) is 4.89. The average Bonchev–Trinajstić information content (AvgIpc) is 3.22. The first-order valence-corrected chi connectivity index (χ1v) is 11.9. The molecule has 4 rings (SSSR count). The van der Waals surface area contributed by atoms with Crippen molar-refractivity contribution >= 4 is 15.7 Å². The molecule has 0 saturated heterocycles. The minimum atomic E-state index is -3.82. The number of aromatic nitrogens is 3. The highest BCUT2D eigenvalue weighted by molar-refractivity contribution is 7.89. The monoisotopic (exact) mass is 450 g/mol. The average molecular weight is 451 g/mol. The number of sulfonamides is 1. The Kier molecular flexibility index (Phi) is 5.99. The zero-order valence-electron chi connectivity index (χ0n) is 18.6. The van der Waals surface area contributed by atoms with Gasteiger partial charge in [0.15, 0.2) is 5.65 Å². The van der Waals surface area contributed by atoms with Gasteiger partial charge in [-0.25, -0.2) is 22.6 Å². The Morgan fingerprint density at radius 1 is 1.03 bits per heavy atom. The summed E-state index contributed by atoms with van der Waals surface area (Å²) in [5.74, 6) is 0.277. The van der Waals surface area contributed by atoms with Gasteiger partial charge in [-0.2, -0.15) is 5.10 Å². The Bertz CT molecular complexity index is 1380. The number of fused-ring (bicyclic) bond motifs is 1. The third-order valence-electron chi connectivity index (χ3n) is 5.44. The molecule has 0 unspecified atom stereocenters. The van der Waals surface area contributed by atoms with Crippen LogP contribution in [0, 0.1) is 13.8 Å². The summed E-state index contributed by atoms with van der Waals surface area (Å²) < 4.78 is 36.1. The van der Waals surface area contributed by atoms with E-state index < -0.39 is 10.0 Å². The van der Waals surface area contributed by atoms with Crippen molar-refractivity contribution in [3.8, 4) is 16.9 Å². The van der Waals surface area contributed by atoms with Crippen LogP contribution in [0.15, 0.2) is 59.6 Å². The predicted octanol–water partition coefficient (Wildman–Crippen LogP) is 4.06. The molecule has 2 aromatic heterocycles. The number of benzene rings is 2. The fourth-order valence-electron chi connectivity index (χ4n) is 3.68. The first-order chi connectivity index (χ1) is 15.3. The predicted molar refractivity (Wildman–Crippen MR) is 124 cm³/mol. The van der Waals surface area contributed by atoms with E-state index in [0.717, 1.165) is 28.9 Å².